The van der Waals surface area contributed by atoms with Crippen LogP contribution in [0.15, 0.2) is 18.3 Å². The fourth-order valence-electron chi connectivity index (χ4n) is 4.48. The first-order valence-electron chi connectivity index (χ1n) is 10.8. The Hall–Kier alpha value is -3.08. The smallest absolute Gasteiger partial charge is 0.232 e. The molecule has 0 aliphatic heterocycles. The second-order valence-corrected chi connectivity index (χ2v) is 8.70. The number of benzene rings is 1. The van der Waals surface area contributed by atoms with Crippen molar-refractivity contribution in [2.45, 2.75) is 44.4 Å². The number of hydrogen-bond donors (Lipinski definition) is 3. The van der Waals surface area contributed by atoms with Crippen LogP contribution in [0.5, 0.6) is 5.88 Å². The van der Waals surface area contributed by atoms with Gasteiger partial charge in [-0.25, -0.2) is 19.9 Å². The lowest BCUT2D eigenvalue weighted by molar-refractivity contribution is 0.276. The second-order valence-electron chi connectivity index (χ2n) is 8.32. The average molecular weight is 469 g/mol. The summed E-state index contributed by atoms with van der Waals surface area (Å²) < 4.78 is 5.18. The highest BCUT2D eigenvalue weighted by Crippen LogP contribution is 2.36. The number of nitrogens with zero attached hydrogens (tertiary/aromatic N) is 6. The molecule has 0 spiro atoms. The van der Waals surface area contributed by atoms with E-state index in [-0.39, 0.29) is 18.7 Å². The van der Waals surface area contributed by atoms with Gasteiger partial charge in [0.15, 0.2) is 11.5 Å². The number of halogens is 1. The number of aromatic amines is 1. The molecule has 33 heavy (non-hydrogen) atoms. The number of nitrogens with two attached hydrogens (primary N) is 1. The fourth-order valence-corrected chi connectivity index (χ4v) is 4.77. The summed E-state index contributed by atoms with van der Waals surface area (Å²) in [6.45, 7) is -0.250. The third-order valence-corrected chi connectivity index (χ3v) is 6.64. The van der Waals surface area contributed by atoms with E-state index in [2.05, 4.69) is 25.1 Å². The van der Waals surface area contributed by atoms with E-state index in [1.807, 2.05) is 19.2 Å². The zero-order valence-corrected chi connectivity index (χ0v) is 19.2. The highest BCUT2D eigenvalue weighted by molar-refractivity contribution is 6.38. The van der Waals surface area contributed by atoms with E-state index >= 15 is 0 Å². The van der Waals surface area contributed by atoms with Gasteiger partial charge in [-0.3, -0.25) is 5.10 Å². The summed E-state index contributed by atoms with van der Waals surface area (Å²) in [5, 5.41) is 17.9. The van der Waals surface area contributed by atoms with Gasteiger partial charge < -0.3 is 20.5 Å². The average Bonchev–Trinajstić information content (AvgIpc) is 3.25. The number of aliphatic hydroxyl groups is 1. The summed E-state index contributed by atoms with van der Waals surface area (Å²) in [6, 6.07) is 4.07. The molecular formula is C22H25ClN8O2. The number of H-pyrrole nitrogens is 1. The van der Waals surface area contributed by atoms with Gasteiger partial charge in [-0.1, -0.05) is 11.6 Å². The number of aliphatic hydroxyl groups excluding tert-OH is 1. The van der Waals surface area contributed by atoms with Crippen molar-refractivity contribution in [3.05, 3.63) is 29.0 Å². The lowest BCUT2D eigenvalue weighted by Crippen LogP contribution is -2.41. The molecule has 1 aliphatic carbocycles. The highest BCUT2D eigenvalue weighted by Gasteiger charge is 2.27. The summed E-state index contributed by atoms with van der Waals surface area (Å²) in [4.78, 5) is 20.3. The molecule has 1 fully saturated rings. The maximum atomic E-state index is 10.1. The summed E-state index contributed by atoms with van der Waals surface area (Å²) in [6.07, 6.45) is 5.56. The lowest BCUT2D eigenvalue weighted by atomic mass is 9.91. The van der Waals surface area contributed by atoms with E-state index in [9.17, 15) is 5.11 Å². The third-order valence-electron chi connectivity index (χ3n) is 6.26. The Balaban J connectivity index is 1.59. The Labute approximate surface area is 195 Å². The number of anilines is 1. The quantitative estimate of drug-likeness (QED) is 0.403. The van der Waals surface area contributed by atoms with E-state index < -0.39 is 0 Å². The van der Waals surface area contributed by atoms with Crippen molar-refractivity contribution in [1.29, 1.82) is 0 Å². The minimum atomic E-state index is -0.250. The highest BCUT2D eigenvalue weighted by atomic mass is 35.5. The van der Waals surface area contributed by atoms with E-state index in [4.69, 9.17) is 32.0 Å². The van der Waals surface area contributed by atoms with Gasteiger partial charge in [0.05, 0.1) is 30.5 Å². The Bertz CT molecular complexity index is 1330. The van der Waals surface area contributed by atoms with Gasteiger partial charge in [0.25, 0.3) is 0 Å². The molecule has 2 atom stereocenters. The molecular weight excluding hydrogens is 444 g/mol. The first-order valence-corrected chi connectivity index (χ1v) is 11.2. The summed E-state index contributed by atoms with van der Waals surface area (Å²) >= 11 is 6.70. The predicted octanol–water partition coefficient (Wildman–Crippen LogP) is 2.82. The van der Waals surface area contributed by atoms with Crippen LogP contribution in [0, 0.1) is 0 Å². The van der Waals surface area contributed by atoms with Crippen LogP contribution in [0.1, 0.15) is 31.4 Å². The first kappa shape index (κ1) is 21.7. The topological polar surface area (TPSA) is 139 Å². The number of ether oxygens (including phenoxy) is 1. The Kier molecular flexibility index (Phi) is 5.73. The number of hydrogen-bond acceptors (Lipinski definition) is 9. The van der Waals surface area contributed by atoms with Crippen molar-refractivity contribution in [2.75, 3.05) is 19.1 Å². The van der Waals surface area contributed by atoms with Crippen LogP contribution in [0.2, 0.25) is 5.02 Å². The third kappa shape index (κ3) is 3.84. The van der Waals surface area contributed by atoms with Gasteiger partial charge in [0.1, 0.15) is 22.4 Å². The van der Waals surface area contributed by atoms with Crippen molar-refractivity contribution in [3.8, 4) is 17.1 Å². The Morgan fingerprint density at radius 2 is 2.09 bits per heavy atom. The normalized spacial score (nSPS) is 18.7. The summed E-state index contributed by atoms with van der Waals surface area (Å²) in [5.41, 5.74) is 10.00. The standard InChI is InChI=1S/C22H25ClN8O2/c1-31(12-5-3-4-11(24)8-12)22-15(10-32)26-20-18(29-30-21(20)28-22)13-6-7-14-19(17(13)23)27-16(33-2)9-25-14/h6-7,9,11-12,32H,3-5,8,10,24H2,1-2H3,(H,28,29,30)/t11-,12-/m1/s1. The van der Waals surface area contributed by atoms with Crippen molar-refractivity contribution in [2.24, 2.45) is 5.73 Å². The van der Waals surface area contributed by atoms with Crippen LogP contribution in [0.25, 0.3) is 33.5 Å². The Morgan fingerprint density at radius 3 is 2.85 bits per heavy atom. The number of methoxy groups -OCH3 is 1. The second kappa shape index (κ2) is 8.69. The molecule has 0 amide bonds. The molecule has 11 heteroatoms. The fraction of sp³-hybridized carbons (Fsp3) is 0.409. The van der Waals surface area contributed by atoms with Gasteiger partial charge >= 0.3 is 0 Å². The minimum Gasteiger partial charge on any atom is -0.480 e. The Morgan fingerprint density at radius 1 is 1.24 bits per heavy atom. The van der Waals surface area contributed by atoms with E-state index in [0.29, 0.717) is 55.9 Å². The van der Waals surface area contributed by atoms with Crippen molar-refractivity contribution < 1.29 is 9.84 Å². The molecule has 0 saturated heterocycles. The van der Waals surface area contributed by atoms with Crippen LogP contribution >= 0.6 is 11.6 Å². The van der Waals surface area contributed by atoms with E-state index in [1.165, 1.54) is 7.11 Å². The largest absolute Gasteiger partial charge is 0.480 e. The molecule has 0 bridgehead atoms. The van der Waals surface area contributed by atoms with Crippen LogP contribution in [-0.4, -0.2) is 61.5 Å². The minimum absolute atomic E-state index is 0.177. The molecule has 5 rings (SSSR count). The van der Waals surface area contributed by atoms with Crippen LogP contribution in [0.4, 0.5) is 5.82 Å². The van der Waals surface area contributed by atoms with Gasteiger partial charge in [0.2, 0.25) is 5.88 Å². The van der Waals surface area contributed by atoms with E-state index in [1.54, 1.807) is 6.20 Å². The molecule has 3 heterocycles. The lowest BCUT2D eigenvalue weighted by Gasteiger charge is -2.35. The van der Waals surface area contributed by atoms with Gasteiger partial charge in [-0.15, -0.1) is 0 Å². The van der Waals surface area contributed by atoms with Crippen molar-refractivity contribution >= 4 is 39.6 Å². The number of nitrogens with one attached hydrogen (secondary N) is 1. The summed E-state index contributed by atoms with van der Waals surface area (Å²) in [5.74, 6) is 0.991. The van der Waals surface area contributed by atoms with Gasteiger partial charge in [-0.2, -0.15) is 5.10 Å². The van der Waals surface area contributed by atoms with Crippen LogP contribution in [-0.2, 0) is 6.61 Å². The number of rotatable bonds is 5. The van der Waals surface area contributed by atoms with Crippen LogP contribution < -0.4 is 15.4 Å². The molecule has 0 radical (unpaired) electrons. The number of fused-ring (bicyclic) bond motifs is 2. The van der Waals surface area contributed by atoms with Crippen LogP contribution in [0.3, 0.4) is 0 Å². The SMILES string of the molecule is COc1cnc2ccc(-c3n[nH]c4nc(N(C)[C@@H]5CCC[C@@H](N)C5)c(CO)nc34)c(Cl)c2n1. The molecule has 4 N–H and O–H groups in total. The zero-order valence-electron chi connectivity index (χ0n) is 18.4. The molecule has 172 valence electrons. The molecule has 1 aliphatic rings. The predicted molar refractivity (Wildman–Crippen MR) is 126 cm³/mol. The number of aromatic nitrogens is 6. The molecule has 1 saturated carbocycles. The molecule has 3 aromatic heterocycles. The van der Waals surface area contributed by atoms with Gasteiger partial charge in [0, 0.05) is 24.7 Å². The maximum Gasteiger partial charge on any atom is 0.232 e. The first-order chi connectivity index (χ1) is 16.0. The molecule has 0 unspecified atom stereocenters. The van der Waals surface area contributed by atoms with Crippen molar-refractivity contribution in [3.63, 3.8) is 0 Å². The maximum absolute atomic E-state index is 10.1. The molecule has 10 nitrogen and oxygen atoms in total. The molecule has 1 aromatic carbocycles. The molecule has 4 aromatic rings. The van der Waals surface area contributed by atoms with E-state index in [0.717, 1.165) is 25.7 Å². The monoisotopic (exact) mass is 468 g/mol. The van der Waals surface area contributed by atoms with Gasteiger partial charge in [-0.05, 0) is 37.8 Å². The van der Waals surface area contributed by atoms with Crippen molar-refractivity contribution in [1.82, 2.24) is 30.1 Å². The zero-order chi connectivity index (χ0) is 23.1. The summed E-state index contributed by atoms with van der Waals surface area (Å²) in [7, 11) is 3.50.